The maximum atomic E-state index is 13.7. The van der Waals surface area contributed by atoms with Crippen LogP contribution >= 0.6 is 0 Å². The van der Waals surface area contributed by atoms with Crippen LogP contribution in [0.25, 0.3) is 11.0 Å². The number of methoxy groups -OCH3 is 2. The van der Waals surface area contributed by atoms with Crippen LogP contribution < -0.4 is 14.9 Å². The summed E-state index contributed by atoms with van der Waals surface area (Å²) in [5, 5.41) is 0.473. The minimum absolute atomic E-state index is 0.0967. The molecule has 0 saturated heterocycles. The number of benzene rings is 2. The lowest BCUT2D eigenvalue weighted by atomic mass is 9.96. The van der Waals surface area contributed by atoms with Crippen LogP contribution in [0.4, 0.5) is 0 Å². The molecule has 1 atom stereocenters. The third-order valence-electron chi connectivity index (χ3n) is 6.10. The highest BCUT2D eigenvalue weighted by Crippen LogP contribution is 2.42. The normalized spacial score (nSPS) is 15.5. The molecular formula is C25H28N2O5. The molecule has 0 spiro atoms. The van der Waals surface area contributed by atoms with Gasteiger partial charge in [0.15, 0.2) is 5.43 Å². The summed E-state index contributed by atoms with van der Waals surface area (Å²) in [6.07, 6.45) is 0. The number of carbonyl (C=O) groups is 1. The molecule has 2 aromatic carbocycles. The van der Waals surface area contributed by atoms with Crippen molar-refractivity contribution in [3.8, 4) is 11.5 Å². The lowest BCUT2D eigenvalue weighted by Crippen LogP contribution is -2.35. The number of hydrogen-bond donors (Lipinski definition) is 0. The Kier molecular flexibility index (Phi) is 5.69. The third-order valence-corrected chi connectivity index (χ3v) is 6.10. The van der Waals surface area contributed by atoms with E-state index in [1.54, 1.807) is 31.3 Å². The van der Waals surface area contributed by atoms with Crippen molar-refractivity contribution in [3.63, 3.8) is 0 Å². The molecule has 0 saturated carbocycles. The van der Waals surface area contributed by atoms with E-state index >= 15 is 0 Å². The molecule has 168 valence electrons. The zero-order valence-electron chi connectivity index (χ0n) is 19.3. The molecule has 1 amide bonds. The summed E-state index contributed by atoms with van der Waals surface area (Å²) in [6.45, 7) is 4.97. The van der Waals surface area contributed by atoms with Gasteiger partial charge in [0.2, 0.25) is 5.76 Å². The first-order valence-corrected chi connectivity index (χ1v) is 10.5. The predicted molar refractivity (Wildman–Crippen MR) is 123 cm³/mol. The van der Waals surface area contributed by atoms with E-state index in [1.165, 1.54) is 0 Å². The second kappa shape index (κ2) is 8.31. The van der Waals surface area contributed by atoms with Crippen LogP contribution in [0.5, 0.6) is 11.5 Å². The molecule has 7 nitrogen and oxygen atoms in total. The number of fused-ring (bicyclic) bond motifs is 2. The first-order chi connectivity index (χ1) is 15.3. The second-order valence-corrected chi connectivity index (χ2v) is 8.42. The highest BCUT2D eigenvalue weighted by Gasteiger charge is 2.43. The number of likely N-dealkylation sites (N-methyl/N-ethyl adjacent to an activating group) is 1. The lowest BCUT2D eigenvalue weighted by molar-refractivity contribution is 0.0715. The summed E-state index contributed by atoms with van der Waals surface area (Å²) >= 11 is 0. The van der Waals surface area contributed by atoms with Crippen LogP contribution in [0.1, 0.15) is 38.9 Å². The van der Waals surface area contributed by atoms with Gasteiger partial charge in [0.05, 0.1) is 31.2 Å². The van der Waals surface area contributed by atoms with Crippen molar-refractivity contribution in [1.29, 1.82) is 0 Å². The second-order valence-electron chi connectivity index (χ2n) is 8.42. The maximum Gasteiger partial charge on any atom is 0.290 e. The molecule has 0 fully saturated rings. The summed E-state index contributed by atoms with van der Waals surface area (Å²) in [5.74, 6) is 0.991. The summed E-state index contributed by atoms with van der Waals surface area (Å²) in [7, 11) is 7.04. The smallest absolute Gasteiger partial charge is 0.290 e. The Bertz CT molecular complexity index is 1260. The standard InChI is InChI=1S/C25H28N2O5/c1-14-11-18-20(12-15(14)2)32-24-21(23(18)28)22(27(25(24)29)10-9-26(3)4)17-13-16(30-5)7-8-19(17)31-6/h7-8,11-13,22H,9-10H2,1-6H3. The first kappa shape index (κ1) is 21.9. The SMILES string of the molecule is COc1ccc(OC)c(C2c3c(oc4cc(C)c(C)cc4c3=O)C(=O)N2CCN(C)C)c1. The summed E-state index contributed by atoms with van der Waals surface area (Å²) in [5.41, 5.74) is 3.26. The Labute approximate surface area is 187 Å². The molecule has 2 heterocycles. The fourth-order valence-corrected chi connectivity index (χ4v) is 4.19. The van der Waals surface area contributed by atoms with Gasteiger partial charge in [-0.05, 0) is 69.4 Å². The molecule has 0 N–H and O–H groups in total. The number of ether oxygens (including phenoxy) is 2. The van der Waals surface area contributed by atoms with Crippen LogP contribution in [-0.4, -0.2) is 57.1 Å². The zero-order valence-corrected chi connectivity index (χ0v) is 19.3. The summed E-state index contributed by atoms with van der Waals surface area (Å²) < 4.78 is 17.1. The minimum atomic E-state index is -0.634. The van der Waals surface area contributed by atoms with E-state index in [9.17, 15) is 9.59 Å². The number of hydrogen-bond acceptors (Lipinski definition) is 6. The van der Waals surface area contributed by atoms with Gasteiger partial charge in [-0.25, -0.2) is 0 Å². The molecule has 7 heteroatoms. The van der Waals surface area contributed by atoms with E-state index in [1.807, 2.05) is 51.0 Å². The van der Waals surface area contributed by atoms with E-state index in [-0.39, 0.29) is 17.1 Å². The number of amides is 1. The fourth-order valence-electron chi connectivity index (χ4n) is 4.19. The van der Waals surface area contributed by atoms with E-state index in [2.05, 4.69) is 0 Å². The van der Waals surface area contributed by atoms with Gasteiger partial charge in [-0.15, -0.1) is 0 Å². The number of rotatable bonds is 6. The number of aryl methyl sites for hydroxylation is 2. The monoisotopic (exact) mass is 436 g/mol. The quantitative estimate of drug-likeness (QED) is 0.589. The van der Waals surface area contributed by atoms with Crippen molar-refractivity contribution in [1.82, 2.24) is 9.80 Å². The Morgan fingerprint density at radius 1 is 1.03 bits per heavy atom. The predicted octanol–water partition coefficient (Wildman–Crippen LogP) is 3.53. The molecule has 0 aliphatic carbocycles. The van der Waals surface area contributed by atoms with Crippen molar-refractivity contribution in [2.75, 3.05) is 41.4 Å². The van der Waals surface area contributed by atoms with Crippen LogP contribution in [0.3, 0.4) is 0 Å². The van der Waals surface area contributed by atoms with Gasteiger partial charge in [-0.3, -0.25) is 9.59 Å². The number of nitrogens with zero attached hydrogens (tertiary/aromatic N) is 2. The van der Waals surface area contributed by atoms with Crippen molar-refractivity contribution < 1.29 is 18.7 Å². The van der Waals surface area contributed by atoms with Gasteiger partial charge in [-0.1, -0.05) is 0 Å². The van der Waals surface area contributed by atoms with E-state index in [0.29, 0.717) is 46.7 Å². The van der Waals surface area contributed by atoms with Gasteiger partial charge in [0.25, 0.3) is 5.91 Å². The van der Waals surface area contributed by atoms with Gasteiger partial charge < -0.3 is 23.7 Å². The van der Waals surface area contributed by atoms with Crippen LogP contribution in [0, 0.1) is 13.8 Å². The molecule has 0 bridgehead atoms. The fraction of sp³-hybridized carbons (Fsp3) is 0.360. The molecule has 32 heavy (non-hydrogen) atoms. The average Bonchev–Trinajstić information content (AvgIpc) is 3.05. The van der Waals surface area contributed by atoms with Gasteiger partial charge >= 0.3 is 0 Å². The van der Waals surface area contributed by atoms with Gasteiger partial charge in [0.1, 0.15) is 17.1 Å². The van der Waals surface area contributed by atoms with Crippen molar-refractivity contribution in [2.45, 2.75) is 19.9 Å². The average molecular weight is 437 g/mol. The first-order valence-electron chi connectivity index (χ1n) is 10.5. The zero-order chi connectivity index (χ0) is 23.2. The van der Waals surface area contributed by atoms with E-state index in [4.69, 9.17) is 13.9 Å². The minimum Gasteiger partial charge on any atom is -0.497 e. The van der Waals surface area contributed by atoms with E-state index < -0.39 is 6.04 Å². The summed E-state index contributed by atoms with van der Waals surface area (Å²) in [6, 6.07) is 8.42. The van der Waals surface area contributed by atoms with Crippen molar-refractivity contribution in [2.24, 2.45) is 0 Å². The molecule has 0 radical (unpaired) electrons. The van der Waals surface area contributed by atoms with Gasteiger partial charge in [-0.2, -0.15) is 0 Å². The highest BCUT2D eigenvalue weighted by molar-refractivity contribution is 5.99. The lowest BCUT2D eigenvalue weighted by Gasteiger charge is -2.27. The Balaban J connectivity index is 2.01. The largest absolute Gasteiger partial charge is 0.497 e. The van der Waals surface area contributed by atoms with Gasteiger partial charge in [0, 0.05) is 18.7 Å². The molecule has 1 aliphatic rings. The molecule has 1 aliphatic heterocycles. The number of carbonyl (C=O) groups excluding carboxylic acids is 1. The molecule has 3 aromatic rings. The topological polar surface area (TPSA) is 72.2 Å². The van der Waals surface area contributed by atoms with Crippen LogP contribution in [0.2, 0.25) is 0 Å². The summed E-state index contributed by atoms with van der Waals surface area (Å²) in [4.78, 5) is 30.9. The van der Waals surface area contributed by atoms with Crippen molar-refractivity contribution >= 4 is 16.9 Å². The van der Waals surface area contributed by atoms with Crippen LogP contribution in [0.15, 0.2) is 39.5 Å². The van der Waals surface area contributed by atoms with Crippen molar-refractivity contribution in [3.05, 3.63) is 68.6 Å². The van der Waals surface area contributed by atoms with E-state index in [0.717, 1.165) is 11.1 Å². The maximum absolute atomic E-state index is 13.7. The Hall–Kier alpha value is -3.32. The third kappa shape index (κ3) is 3.52. The molecule has 1 aromatic heterocycles. The Morgan fingerprint density at radius 3 is 2.41 bits per heavy atom. The molecule has 1 unspecified atom stereocenters. The van der Waals surface area contributed by atoms with Crippen LogP contribution in [-0.2, 0) is 0 Å². The molecule has 4 rings (SSSR count). The Morgan fingerprint density at radius 2 is 1.75 bits per heavy atom. The molecular weight excluding hydrogens is 408 g/mol. The highest BCUT2D eigenvalue weighted by atomic mass is 16.5.